The van der Waals surface area contributed by atoms with Crippen LogP contribution in [0.2, 0.25) is 0 Å². The monoisotopic (exact) mass is 372 g/mol. The molecule has 0 aliphatic carbocycles. The van der Waals surface area contributed by atoms with E-state index in [4.69, 9.17) is 9.15 Å². The molecular weight excluding hydrogens is 348 g/mol. The minimum atomic E-state index is -0.315. The van der Waals surface area contributed by atoms with Gasteiger partial charge in [0.15, 0.2) is 0 Å². The molecule has 3 aromatic carbocycles. The summed E-state index contributed by atoms with van der Waals surface area (Å²) >= 11 is 0. The molecule has 1 aromatic heterocycles. The number of hydrogen-bond acceptors (Lipinski definition) is 3. The van der Waals surface area contributed by atoms with Crippen molar-refractivity contribution in [2.75, 3.05) is 0 Å². The van der Waals surface area contributed by atoms with Crippen molar-refractivity contribution in [2.24, 2.45) is 0 Å². The zero-order valence-electron chi connectivity index (χ0n) is 17.0. The molecule has 142 valence electrons. The molecule has 3 heteroatoms. The van der Waals surface area contributed by atoms with E-state index in [2.05, 4.69) is 33.8 Å². The van der Waals surface area contributed by atoms with Crippen LogP contribution < -0.4 is 10.4 Å². The highest BCUT2D eigenvalue weighted by atomic mass is 16.5. The molecule has 0 aliphatic heterocycles. The molecule has 0 radical (unpaired) electrons. The summed E-state index contributed by atoms with van der Waals surface area (Å²) in [7, 11) is 0. The highest BCUT2D eigenvalue weighted by Gasteiger charge is 2.14. The standard InChI is InChI=1S/C25H24O3/c1-14-12-15(2)17(4)22(16(14)3)13-27-23-11-10-20-19-8-6-7-9-21(19)25(26)28-24(20)18(23)5/h6-12H,13H2,1-5H3. The topological polar surface area (TPSA) is 39.4 Å². The summed E-state index contributed by atoms with van der Waals surface area (Å²) in [5.74, 6) is 0.740. The van der Waals surface area contributed by atoms with E-state index < -0.39 is 0 Å². The third kappa shape index (κ3) is 2.88. The lowest BCUT2D eigenvalue weighted by Gasteiger charge is -2.17. The van der Waals surface area contributed by atoms with Crippen LogP contribution in [0.25, 0.3) is 21.7 Å². The average Bonchev–Trinajstić information content (AvgIpc) is 2.69. The van der Waals surface area contributed by atoms with Gasteiger partial charge in [0.25, 0.3) is 0 Å². The molecular formula is C25H24O3. The summed E-state index contributed by atoms with van der Waals surface area (Å²) in [6.07, 6.45) is 0. The SMILES string of the molecule is Cc1cc(C)c(C)c(COc2ccc3c(oc(=O)c4ccccc43)c2C)c1C. The summed E-state index contributed by atoms with van der Waals surface area (Å²) in [6, 6.07) is 13.7. The van der Waals surface area contributed by atoms with Gasteiger partial charge < -0.3 is 9.15 Å². The maximum Gasteiger partial charge on any atom is 0.344 e. The molecule has 0 amide bonds. The number of ether oxygens (including phenoxy) is 1. The molecule has 4 rings (SSSR count). The van der Waals surface area contributed by atoms with Gasteiger partial charge in [-0.05, 0) is 86.0 Å². The third-order valence-corrected chi connectivity index (χ3v) is 5.88. The van der Waals surface area contributed by atoms with E-state index in [1.807, 2.05) is 37.3 Å². The summed E-state index contributed by atoms with van der Waals surface area (Å²) in [5, 5.41) is 2.44. The van der Waals surface area contributed by atoms with Crippen LogP contribution in [0.4, 0.5) is 0 Å². The summed E-state index contributed by atoms with van der Waals surface area (Å²) in [6.45, 7) is 11.0. The molecule has 1 heterocycles. The molecule has 3 nitrogen and oxygen atoms in total. The molecule has 0 atom stereocenters. The normalized spacial score (nSPS) is 11.3. The van der Waals surface area contributed by atoms with Gasteiger partial charge in [0.05, 0.1) is 5.39 Å². The second kappa shape index (κ2) is 6.83. The van der Waals surface area contributed by atoms with Gasteiger partial charge in [0, 0.05) is 10.9 Å². The van der Waals surface area contributed by atoms with Crippen LogP contribution in [0.5, 0.6) is 5.75 Å². The Labute approximate surface area is 164 Å². The van der Waals surface area contributed by atoms with Gasteiger partial charge in [0.1, 0.15) is 17.9 Å². The van der Waals surface area contributed by atoms with Gasteiger partial charge >= 0.3 is 5.63 Å². The molecule has 0 aliphatic rings. The summed E-state index contributed by atoms with van der Waals surface area (Å²) in [5.41, 5.74) is 7.42. The Kier molecular flexibility index (Phi) is 4.46. The first kappa shape index (κ1) is 18.3. The second-order valence-electron chi connectivity index (χ2n) is 7.53. The summed E-state index contributed by atoms with van der Waals surface area (Å²) < 4.78 is 11.8. The molecule has 0 fully saturated rings. The average molecular weight is 372 g/mol. The second-order valence-corrected chi connectivity index (χ2v) is 7.53. The van der Waals surface area contributed by atoms with E-state index in [9.17, 15) is 4.79 Å². The van der Waals surface area contributed by atoms with Crippen LogP contribution in [-0.4, -0.2) is 0 Å². The van der Waals surface area contributed by atoms with Gasteiger partial charge in [-0.15, -0.1) is 0 Å². The maximum absolute atomic E-state index is 12.4. The Balaban J connectivity index is 1.78. The predicted octanol–water partition coefficient (Wildman–Crippen LogP) is 6.07. The molecule has 0 bridgehead atoms. The smallest absolute Gasteiger partial charge is 0.344 e. The van der Waals surface area contributed by atoms with E-state index in [1.54, 1.807) is 6.07 Å². The molecule has 28 heavy (non-hydrogen) atoms. The zero-order chi connectivity index (χ0) is 20.0. The molecule has 0 N–H and O–H groups in total. The van der Waals surface area contributed by atoms with Crippen molar-refractivity contribution in [3.8, 4) is 5.75 Å². The lowest BCUT2D eigenvalue weighted by molar-refractivity contribution is 0.302. The minimum absolute atomic E-state index is 0.315. The van der Waals surface area contributed by atoms with Crippen molar-refractivity contribution in [2.45, 2.75) is 41.2 Å². The fourth-order valence-electron chi connectivity index (χ4n) is 3.88. The van der Waals surface area contributed by atoms with Crippen molar-refractivity contribution in [3.05, 3.63) is 86.3 Å². The fourth-order valence-corrected chi connectivity index (χ4v) is 3.88. The molecule has 0 spiro atoms. The van der Waals surface area contributed by atoms with Crippen molar-refractivity contribution >= 4 is 21.7 Å². The van der Waals surface area contributed by atoms with Crippen LogP contribution in [-0.2, 0) is 6.61 Å². The van der Waals surface area contributed by atoms with Crippen LogP contribution in [0.15, 0.2) is 51.7 Å². The zero-order valence-corrected chi connectivity index (χ0v) is 17.0. The van der Waals surface area contributed by atoms with Crippen LogP contribution in [0, 0.1) is 34.6 Å². The highest BCUT2D eigenvalue weighted by molar-refractivity contribution is 6.05. The lowest BCUT2D eigenvalue weighted by Crippen LogP contribution is -2.05. The number of benzene rings is 3. The first-order valence-corrected chi connectivity index (χ1v) is 9.52. The number of aryl methyl sites for hydroxylation is 3. The molecule has 4 aromatic rings. The number of rotatable bonds is 3. The maximum atomic E-state index is 12.4. The van der Waals surface area contributed by atoms with E-state index in [1.165, 1.54) is 27.8 Å². The molecule has 0 unspecified atom stereocenters. The Hall–Kier alpha value is -3.07. The van der Waals surface area contributed by atoms with Crippen molar-refractivity contribution in [3.63, 3.8) is 0 Å². The van der Waals surface area contributed by atoms with Gasteiger partial charge in [-0.1, -0.05) is 24.3 Å². The Morgan fingerprint density at radius 3 is 2.11 bits per heavy atom. The Bertz CT molecular complexity index is 1250. The van der Waals surface area contributed by atoms with E-state index in [-0.39, 0.29) is 5.63 Å². The molecule has 0 saturated heterocycles. The Morgan fingerprint density at radius 2 is 1.43 bits per heavy atom. The lowest BCUT2D eigenvalue weighted by atomic mass is 9.95. The highest BCUT2D eigenvalue weighted by Crippen LogP contribution is 2.32. The van der Waals surface area contributed by atoms with Crippen molar-refractivity contribution in [1.29, 1.82) is 0 Å². The van der Waals surface area contributed by atoms with E-state index in [0.29, 0.717) is 17.6 Å². The van der Waals surface area contributed by atoms with Gasteiger partial charge in [-0.25, -0.2) is 4.79 Å². The van der Waals surface area contributed by atoms with Gasteiger partial charge in [-0.3, -0.25) is 0 Å². The van der Waals surface area contributed by atoms with Crippen LogP contribution in [0.3, 0.4) is 0 Å². The van der Waals surface area contributed by atoms with Gasteiger partial charge in [-0.2, -0.15) is 0 Å². The molecule has 0 saturated carbocycles. The van der Waals surface area contributed by atoms with Gasteiger partial charge in [0.2, 0.25) is 0 Å². The quantitative estimate of drug-likeness (QED) is 0.324. The summed E-state index contributed by atoms with van der Waals surface area (Å²) in [4.78, 5) is 12.4. The largest absolute Gasteiger partial charge is 0.488 e. The van der Waals surface area contributed by atoms with Crippen molar-refractivity contribution in [1.82, 2.24) is 0 Å². The van der Waals surface area contributed by atoms with E-state index in [0.717, 1.165) is 22.1 Å². The predicted molar refractivity (Wildman–Crippen MR) is 114 cm³/mol. The Morgan fingerprint density at radius 1 is 0.786 bits per heavy atom. The first-order valence-electron chi connectivity index (χ1n) is 9.52. The van der Waals surface area contributed by atoms with Crippen LogP contribution in [0.1, 0.15) is 33.4 Å². The number of fused-ring (bicyclic) bond motifs is 3. The van der Waals surface area contributed by atoms with Crippen LogP contribution >= 0.6 is 0 Å². The minimum Gasteiger partial charge on any atom is -0.488 e. The third-order valence-electron chi connectivity index (χ3n) is 5.88. The fraction of sp³-hybridized carbons (Fsp3) is 0.240. The number of hydrogen-bond donors (Lipinski definition) is 0. The van der Waals surface area contributed by atoms with Crippen molar-refractivity contribution < 1.29 is 9.15 Å². The van der Waals surface area contributed by atoms with E-state index >= 15 is 0 Å². The first-order chi connectivity index (χ1) is 13.4.